The van der Waals surface area contributed by atoms with Crippen LogP contribution < -0.4 is 0 Å². The molecule has 1 unspecified atom stereocenters. The van der Waals surface area contributed by atoms with Gasteiger partial charge in [0.05, 0.1) is 0 Å². The lowest BCUT2D eigenvalue weighted by molar-refractivity contribution is 0.0255. The van der Waals surface area contributed by atoms with E-state index >= 15 is 0 Å². The van der Waals surface area contributed by atoms with Crippen LogP contribution in [0.15, 0.2) is 0 Å². The number of aliphatic hydroxyl groups excluding tert-OH is 1. The molecule has 0 aromatic heterocycles. The van der Waals surface area contributed by atoms with Crippen LogP contribution in [0.1, 0.15) is 46.5 Å². The van der Waals surface area contributed by atoms with E-state index in [1.54, 1.807) is 4.90 Å². The van der Waals surface area contributed by atoms with Crippen LogP contribution >= 0.6 is 0 Å². The van der Waals surface area contributed by atoms with E-state index in [1.165, 1.54) is 0 Å². The third-order valence-corrected chi connectivity index (χ3v) is 3.04. The van der Waals surface area contributed by atoms with Gasteiger partial charge in [-0.1, -0.05) is 0 Å². The first-order valence-corrected chi connectivity index (χ1v) is 6.51. The SMILES string of the molecule is CC(C)(C)OC(=O)N1CCCC(CCO)CC1. The fraction of sp³-hybridized carbons (Fsp3) is 0.923. The van der Waals surface area contributed by atoms with E-state index in [-0.39, 0.29) is 12.7 Å². The van der Waals surface area contributed by atoms with Gasteiger partial charge in [0.2, 0.25) is 0 Å². The predicted molar refractivity (Wildman–Crippen MR) is 66.9 cm³/mol. The van der Waals surface area contributed by atoms with Crippen LogP contribution in [0, 0.1) is 5.92 Å². The zero-order chi connectivity index (χ0) is 12.9. The van der Waals surface area contributed by atoms with Crippen molar-refractivity contribution in [1.82, 2.24) is 4.90 Å². The van der Waals surface area contributed by atoms with Crippen LogP contribution in [-0.4, -0.2) is 41.4 Å². The van der Waals surface area contributed by atoms with Gasteiger partial charge in [-0.2, -0.15) is 0 Å². The molecule has 4 nitrogen and oxygen atoms in total. The molecule has 1 atom stereocenters. The summed E-state index contributed by atoms with van der Waals surface area (Å²) in [6.45, 7) is 7.43. The zero-order valence-electron chi connectivity index (χ0n) is 11.2. The number of ether oxygens (including phenoxy) is 1. The normalized spacial score (nSPS) is 22.1. The van der Waals surface area contributed by atoms with E-state index in [9.17, 15) is 4.79 Å². The number of carbonyl (C=O) groups excluding carboxylic acids is 1. The number of amides is 1. The molecule has 1 saturated heterocycles. The molecular formula is C13H25NO3. The van der Waals surface area contributed by atoms with Crippen LogP contribution in [-0.2, 0) is 4.74 Å². The minimum absolute atomic E-state index is 0.206. The molecule has 0 spiro atoms. The Morgan fingerprint density at radius 1 is 1.35 bits per heavy atom. The summed E-state index contributed by atoms with van der Waals surface area (Å²) in [4.78, 5) is 13.7. The second kappa shape index (κ2) is 6.24. The largest absolute Gasteiger partial charge is 0.444 e. The van der Waals surface area contributed by atoms with Crippen molar-refractivity contribution in [1.29, 1.82) is 0 Å². The van der Waals surface area contributed by atoms with Gasteiger partial charge >= 0.3 is 6.09 Å². The summed E-state index contributed by atoms with van der Waals surface area (Å²) in [6, 6.07) is 0. The highest BCUT2D eigenvalue weighted by atomic mass is 16.6. The predicted octanol–water partition coefficient (Wildman–Crippen LogP) is 2.41. The molecule has 1 aliphatic heterocycles. The molecule has 1 fully saturated rings. The molecule has 0 saturated carbocycles. The lowest BCUT2D eigenvalue weighted by Crippen LogP contribution is -2.37. The third kappa shape index (κ3) is 5.39. The number of hydrogen-bond donors (Lipinski definition) is 1. The minimum Gasteiger partial charge on any atom is -0.444 e. The van der Waals surface area contributed by atoms with Gasteiger partial charge in [0, 0.05) is 19.7 Å². The van der Waals surface area contributed by atoms with Crippen LogP contribution in [0.25, 0.3) is 0 Å². The highest BCUT2D eigenvalue weighted by molar-refractivity contribution is 5.68. The molecule has 100 valence electrons. The number of nitrogens with zero attached hydrogens (tertiary/aromatic N) is 1. The average molecular weight is 243 g/mol. The summed E-state index contributed by atoms with van der Waals surface area (Å²) < 4.78 is 5.37. The quantitative estimate of drug-likeness (QED) is 0.810. The van der Waals surface area contributed by atoms with E-state index in [0.717, 1.165) is 38.8 Å². The first-order chi connectivity index (χ1) is 7.92. The molecule has 0 radical (unpaired) electrons. The van der Waals surface area contributed by atoms with Crippen LogP contribution in [0.4, 0.5) is 4.79 Å². The summed E-state index contributed by atoms with van der Waals surface area (Å²) >= 11 is 0. The fourth-order valence-electron chi connectivity index (χ4n) is 2.15. The van der Waals surface area contributed by atoms with E-state index in [1.807, 2.05) is 20.8 Å². The molecular weight excluding hydrogens is 218 g/mol. The maximum absolute atomic E-state index is 11.9. The zero-order valence-corrected chi connectivity index (χ0v) is 11.2. The molecule has 0 aliphatic carbocycles. The Balaban J connectivity index is 2.43. The molecule has 1 aliphatic rings. The number of aliphatic hydroxyl groups is 1. The van der Waals surface area contributed by atoms with Crippen molar-refractivity contribution in [3.05, 3.63) is 0 Å². The van der Waals surface area contributed by atoms with E-state index < -0.39 is 5.60 Å². The number of likely N-dealkylation sites (tertiary alicyclic amines) is 1. The van der Waals surface area contributed by atoms with Gasteiger partial charge in [0.25, 0.3) is 0 Å². The average Bonchev–Trinajstić information content (AvgIpc) is 2.41. The first-order valence-electron chi connectivity index (χ1n) is 6.51. The van der Waals surface area contributed by atoms with Gasteiger partial charge in [-0.25, -0.2) is 4.79 Å². The summed E-state index contributed by atoms with van der Waals surface area (Å²) in [6.07, 6.45) is 3.72. The van der Waals surface area contributed by atoms with Crippen molar-refractivity contribution in [2.75, 3.05) is 19.7 Å². The molecule has 1 N–H and O–H groups in total. The Bertz CT molecular complexity index is 248. The van der Waals surface area contributed by atoms with Crippen molar-refractivity contribution in [2.45, 2.75) is 52.1 Å². The minimum atomic E-state index is -0.423. The monoisotopic (exact) mass is 243 g/mol. The molecule has 17 heavy (non-hydrogen) atoms. The lowest BCUT2D eigenvalue weighted by Gasteiger charge is -2.26. The van der Waals surface area contributed by atoms with Gasteiger partial charge in [-0.15, -0.1) is 0 Å². The van der Waals surface area contributed by atoms with Crippen molar-refractivity contribution >= 4 is 6.09 Å². The molecule has 1 amide bonds. The Morgan fingerprint density at radius 3 is 2.65 bits per heavy atom. The van der Waals surface area contributed by atoms with Crippen molar-refractivity contribution in [3.8, 4) is 0 Å². The summed E-state index contributed by atoms with van der Waals surface area (Å²) in [5.41, 5.74) is -0.423. The van der Waals surface area contributed by atoms with E-state index in [4.69, 9.17) is 9.84 Å². The highest BCUT2D eigenvalue weighted by Gasteiger charge is 2.24. The van der Waals surface area contributed by atoms with Crippen LogP contribution in [0.2, 0.25) is 0 Å². The summed E-state index contributed by atoms with van der Waals surface area (Å²) in [7, 11) is 0. The number of hydrogen-bond acceptors (Lipinski definition) is 3. The molecule has 1 heterocycles. The second-order valence-electron chi connectivity index (χ2n) is 5.78. The molecule has 0 aromatic rings. The number of rotatable bonds is 2. The second-order valence-corrected chi connectivity index (χ2v) is 5.78. The lowest BCUT2D eigenvalue weighted by atomic mass is 9.98. The van der Waals surface area contributed by atoms with Crippen LogP contribution in [0.5, 0.6) is 0 Å². The smallest absolute Gasteiger partial charge is 0.410 e. The van der Waals surface area contributed by atoms with Gasteiger partial charge < -0.3 is 14.7 Å². The van der Waals surface area contributed by atoms with Gasteiger partial charge in [-0.05, 0) is 52.4 Å². The molecule has 0 bridgehead atoms. The van der Waals surface area contributed by atoms with Gasteiger partial charge in [-0.3, -0.25) is 0 Å². The highest BCUT2D eigenvalue weighted by Crippen LogP contribution is 2.21. The van der Waals surface area contributed by atoms with Crippen molar-refractivity contribution < 1.29 is 14.6 Å². The van der Waals surface area contributed by atoms with E-state index in [2.05, 4.69) is 0 Å². The van der Waals surface area contributed by atoms with Crippen LogP contribution in [0.3, 0.4) is 0 Å². The number of carbonyl (C=O) groups is 1. The van der Waals surface area contributed by atoms with E-state index in [0.29, 0.717) is 5.92 Å². The maximum atomic E-state index is 11.9. The molecule has 0 aromatic carbocycles. The summed E-state index contributed by atoms with van der Waals surface area (Å²) in [5.74, 6) is 0.549. The Morgan fingerprint density at radius 2 is 2.06 bits per heavy atom. The van der Waals surface area contributed by atoms with Crippen molar-refractivity contribution in [2.24, 2.45) is 5.92 Å². The fourth-order valence-corrected chi connectivity index (χ4v) is 2.15. The standard InChI is InChI=1S/C13H25NO3/c1-13(2,3)17-12(16)14-8-4-5-11(6-9-14)7-10-15/h11,15H,4-10H2,1-3H3. The molecule has 1 rings (SSSR count). The summed E-state index contributed by atoms with van der Waals surface area (Å²) in [5, 5.41) is 8.93. The third-order valence-electron chi connectivity index (χ3n) is 3.04. The topological polar surface area (TPSA) is 49.8 Å². The Hall–Kier alpha value is -0.770. The van der Waals surface area contributed by atoms with Gasteiger partial charge in [0.1, 0.15) is 5.60 Å². The Labute approximate surface area is 104 Å². The van der Waals surface area contributed by atoms with Crippen molar-refractivity contribution in [3.63, 3.8) is 0 Å². The maximum Gasteiger partial charge on any atom is 0.410 e. The Kier molecular flexibility index (Phi) is 5.25. The first kappa shape index (κ1) is 14.3. The molecule has 4 heteroatoms. The van der Waals surface area contributed by atoms with Gasteiger partial charge in [0.15, 0.2) is 0 Å².